The first-order chi connectivity index (χ1) is 10.1. The zero-order valence-corrected chi connectivity index (χ0v) is 12.8. The fourth-order valence-corrected chi connectivity index (χ4v) is 2.66. The van der Waals surface area contributed by atoms with Crippen LogP contribution in [0.15, 0.2) is 18.2 Å². The molecule has 0 saturated heterocycles. The van der Waals surface area contributed by atoms with E-state index in [1.807, 2.05) is 6.07 Å². The third-order valence-electron chi connectivity index (χ3n) is 2.76. The largest absolute Gasteiger partial charge is 0.493 e. The van der Waals surface area contributed by atoms with E-state index in [0.717, 1.165) is 5.56 Å². The average molecular weight is 308 g/mol. The Balaban J connectivity index is 2.49. The molecule has 21 heavy (non-hydrogen) atoms. The van der Waals surface area contributed by atoms with Crippen LogP contribution < -0.4 is 15.2 Å². The number of methoxy groups -OCH3 is 2. The highest BCUT2D eigenvalue weighted by Crippen LogP contribution is 2.37. The van der Waals surface area contributed by atoms with E-state index in [1.54, 1.807) is 33.3 Å². The minimum absolute atomic E-state index is 0.214. The van der Waals surface area contributed by atoms with Gasteiger partial charge in [0.1, 0.15) is 0 Å². The Hall–Kier alpha value is -2.28. The predicted molar refractivity (Wildman–Crippen MR) is 81.0 cm³/mol. The van der Waals surface area contributed by atoms with Crippen LogP contribution >= 0.6 is 11.3 Å². The lowest BCUT2D eigenvalue weighted by Crippen LogP contribution is -2.06. The van der Waals surface area contributed by atoms with Crippen LogP contribution in [0.3, 0.4) is 0 Å². The van der Waals surface area contributed by atoms with Crippen LogP contribution in [0.1, 0.15) is 17.4 Å². The molecule has 6 nitrogen and oxygen atoms in total. The van der Waals surface area contributed by atoms with Gasteiger partial charge in [-0.25, -0.2) is 9.78 Å². The first-order valence-electron chi connectivity index (χ1n) is 6.26. The highest BCUT2D eigenvalue weighted by molar-refractivity contribution is 7.19. The first kappa shape index (κ1) is 15.1. The number of nitrogens with two attached hydrogens (primary N) is 1. The summed E-state index contributed by atoms with van der Waals surface area (Å²) in [5.41, 5.74) is 6.70. The molecule has 0 aliphatic carbocycles. The topological polar surface area (TPSA) is 83.7 Å². The van der Waals surface area contributed by atoms with Crippen molar-refractivity contribution in [2.75, 3.05) is 26.6 Å². The molecule has 1 aromatic heterocycles. The highest BCUT2D eigenvalue weighted by Gasteiger charge is 2.20. The smallest absolute Gasteiger partial charge is 0.358 e. The molecule has 2 rings (SSSR count). The second kappa shape index (κ2) is 6.45. The molecule has 7 heteroatoms. The zero-order chi connectivity index (χ0) is 15.4. The summed E-state index contributed by atoms with van der Waals surface area (Å²) in [6.07, 6.45) is 0. The Morgan fingerprint density at radius 3 is 2.62 bits per heavy atom. The Labute approximate surface area is 126 Å². The van der Waals surface area contributed by atoms with Crippen LogP contribution in [-0.2, 0) is 4.74 Å². The number of carbonyl (C=O) groups is 1. The molecule has 0 atom stereocenters. The lowest BCUT2D eigenvalue weighted by atomic mass is 10.1. The molecular weight excluding hydrogens is 292 g/mol. The van der Waals surface area contributed by atoms with Gasteiger partial charge in [0.15, 0.2) is 22.3 Å². The fourth-order valence-electron chi connectivity index (χ4n) is 1.85. The molecule has 0 spiro atoms. The summed E-state index contributed by atoms with van der Waals surface area (Å²) in [6, 6.07) is 5.35. The Bertz CT molecular complexity index is 654. The van der Waals surface area contributed by atoms with E-state index < -0.39 is 5.97 Å². The number of hydrogen-bond donors (Lipinski definition) is 1. The molecule has 0 saturated carbocycles. The van der Waals surface area contributed by atoms with E-state index in [-0.39, 0.29) is 12.3 Å². The van der Waals surface area contributed by atoms with Crippen molar-refractivity contribution < 1.29 is 19.0 Å². The van der Waals surface area contributed by atoms with Gasteiger partial charge in [-0.2, -0.15) is 0 Å². The van der Waals surface area contributed by atoms with Crippen molar-refractivity contribution >= 4 is 22.4 Å². The van der Waals surface area contributed by atoms with Crippen molar-refractivity contribution in [1.29, 1.82) is 0 Å². The van der Waals surface area contributed by atoms with Crippen molar-refractivity contribution in [2.45, 2.75) is 6.92 Å². The van der Waals surface area contributed by atoms with Gasteiger partial charge in [-0.1, -0.05) is 11.3 Å². The second-order valence-corrected chi connectivity index (χ2v) is 5.05. The van der Waals surface area contributed by atoms with Gasteiger partial charge in [-0.15, -0.1) is 0 Å². The molecule has 0 bridgehead atoms. The minimum Gasteiger partial charge on any atom is -0.493 e. The number of hydrogen-bond acceptors (Lipinski definition) is 7. The maximum atomic E-state index is 11.9. The van der Waals surface area contributed by atoms with Gasteiger partial charge in [0.25, 0.3) is 0 Å². The predicted octanol–water partition coefficient (Wildman–Crippen LogP) is 2.59. The maximum absolute atomic E-state index is 11.9. The van der Waals surface area contributed by atoms with E-state index >= 15 is 0 Å². The van der Waals surface area contributed by atoms with Crippen molar-refractivity contribution in [3.63, 3.8) is 0 Å². The van der Waals surface area contributed by atoms with Crippen molar-refractivity contribution in [1.82, 2.24) is 4.98 Å². The third-order valence-corrected chi connectivity index (χ3v) is 3.69. The Morgan fingerprint density at radius 1 is 1.29 bits per heavy atom. The Kier molecular flexibility index (Phi) is 4.64. The monoisotopic (exact) mass is 308 g/mol. The van der Waals surface area contributed by atoms with Crippen LogP contribution in [-0.4, -0.2) is 31.8 Å². The number of anilines is 1. The molecule has 0 aliphatic rings. The summed E-state index contributed by atoms with van der Waals surface area (Å²) >= 11 is 1.22. The Morgan fingerprint density at radius 2 is 2.00 bits per heavy atom. The average Bonchev–Trinajstić information content (AvgIpc) is 2.88. The summed E-state index contributed by atoms with van der Waals surface area (Å²) in [5, 5.41) is 0.308. The number of nitrogen functional groups attached to an aromatic ring is 1. The molecule has 1 aromatic carbocycles. The minimum atomic E-state index is -0.491. The normalized spacial score (nSPS) is 10.2. The molecule has 2 aromatic rings. The quantitative estimate of drug-likeness (QED) is 0.855. The van der Waals surface area contributed by atoms with Gasteiger partial charge in [-0.3, -0.25) is 0 Å². The number of esters is 1. The number of aromatic nitrogens is 1. The van der Waals surface area contributed by atoms with Gasteiger partial charge in [-0.05, 0) is 30.7 Å². The number of rotatable bonds is 5. The molecule has 1 heterocycles. The van der Waals surface area contributed by atoms with Crippen molar-refractivity contribution in [3.05, 3.63) is 23.9 Å². The van der Waals surface area contributed by atoms with Gasteiger partial charge in [0.05, 0.1) is 25.7 Å². The molecular formula is C14H16N2O4S. The molecule has 2 N–H and O–H groups in total. The van der Waals surface area contributed by atoms with Gasteiger partial charge in [0.2, 0.25) is 0 Å². The summed E-state index contributed by atoms with van der Waals surface area (Å²) in [6.45, 7) is 2.02. The van der Waals surface area contributed by atoms with Gasteiger partial charge < -0.3 is 19.9 Å². The van der Waals surface area contributed by atoms with Crippen molar-refractivity contribution in [3.8, 4) is 21.9 Å². The van der Waals surface area contributed by atoms with Crippen LogP contribution in [0, 0.1) is 0 Å². The van der Waals surface area contributed by atoms with E-state index in [4.69, 9.17) is 19.9 Å². The molecule has 0 radical (unpaired) electrons. The first-order valence-corrected chi connectivity index (χ1v) is 7.08. The summed E-state index contributed by atoms with van der Waals surface area (Å²) in [4.78, 5) is 16.6. The van der Waals surface area contributed by atoms with E-state index in [1.165, 1.54) is 11.3 Å². The van der Waals surface area contributed by atoms with E-state index in [2.05, 4.69) is 4.98 Å². The van der Waals surface area contributed by atoms with E-state index in [9.17, 15) is 4.79 Å². The van der Waals surface area contributed by atoms with Crippen LogP contribution in [0.5, 0.6) is 11.5 Å². The number of carbonyl (C=O) groups excluding carboxylic acids is 1. The van der Waals surface area contributed by atoms with Crippen molar-refractivity contribution in [2.24, 2.45) is 0 Å². The summed E-state index contributed by atoms with van der Waals surface area (Å²) in [5.74, 6) is 0.684. The van der Waals surface area contributed by atoms with Crippen LogP contribution in [0.4, 0.5) is 5.13 Å². The number of thiazole rings is 1. The standard InChI is InChI=1S/C14H16N2O4S/c1-4-20-13(17)11-12(21-14(15)16-11)8-5-6-9(18-2)10(7-8)19-3/h5-7H,4H2,1-3H3,(H2,15,16). The highest BCUT2D eigenvalue weighted by atomic mass is 32.1. The SMILES string of the molecule is CCOC(=O)c1nc(N)sc1-c1ccc(OC)c(OC)c1. The van der Waals surface area contributed by atoms with Crippen LogP contribution in [0.2, 0.25) is 0 Å². The fraction of sp³-hybridized carbons (Fsp3) is 0.286. The lowest BCUT2D eigenvalue weighted by Gasteiger charge is -2.09. The molecule has 0 fully saturated rings. The van der Waals surface area contributed by atoms with Gasteiger partial charge >= 0.3 is 5.97 Å². The summed E-state index contributed by atoms with van der Waals surface area (Å²) < 4.78 is 15.5. The number of nitrogens with zero attached hydrogens (tertiary/aromatic N) is 1. The summed E-state index contributed by atoms with van der Waals surface area (Å²) in [7, 11) is 3.11. The third kappa shape index (κ3) is 3.08. The number of benzene rings is 1. The molecule has 0 unspecified atom stereocenters. The number of ether oxygens (including phenoxy) is 3. The van der Waals surface area contributed by atoms with Gasteiger partial charge in [0, 0.05) is 0 Å². The van der Waals surface area contributed by atoms with Crippen LogP contribution in [0.25, 0.3) is 10.4 Å². The lowest BCUT2D eigenvalue weighted by molar-refractivity contribution is 0.0521. The maximum Gasteiger partial charge on any atom is 0.358 e. The second-order valence-electron chi connectivity index (χ2n) is 4.02. The molecule has 0 aliphatic heterocycles. The zero-order valence-electron chi connectivity index (χ0n) is 12.0. The van der Waals surface area contributed by atoms with E-state index in [0.29, 0.717) is 21.5 Å². The molecule has 0 amide bonds. The molecule has 112 valence electrons.